The third-order valence-corrected chi connectivity index (χ3v) is 4.06. The van der Waals surface area contributed by atoms with E-state index in [1.54, 1.807) is 0 Å². The van der Waals surface area contributed by atoms with Gasteiger partial charge in [-0.3, -0.25) is 0 Å². The standard InChI is InChI=1S/C15H23NO.ClH/c1-10-8-13(9-11(2)15(10)17)14(16)12-6-4-3-5-7-12;/h8-9,12,14,17H,3-7,16H2,1-2H3;1H/t14-;/m0./s1. The first-order valence-electron chi connectivity index (χ1n) is 6.65. The molecule has 1 aromatic carbocycles. The summed E-state index contributed by atoms with van der Waals surface area (Å²) in [6.45, 7) is 3.89. The summed E-state index contributed by atoms with van der Waals surface area (Å²) in [5.74, 6) is 1.02. The van der Waals surface area contributed by atoms with Crippen LogP contribution in [0.1, 0.15) is 54.8 Å². The predicted molar refractivity (Wildman–Crippen MR) is 78.3 cm³/mol. The van der Waals surface area contributed by atoms with Crippen LogP contribution in [-0.2, 0) is 0 Å². The summed E-state index contributed by atoms with van der Waals surface area (Å²) in [6, 6.07) is 4.22. The molecule has 3 heteroatoms. The van der Waals surface area contributed by atoms with Crippen LogP contribution in [0.2, 0.25) is 0 Å². The van der Waals surface area contributed by atoms with Crippen molar-refractivity contribution in [2.24, 2.45) is 11.7 Å². The van der Waals surface area contributed by atoms with Gasteiger partial charge in [0, 0.05) is 6.04 Å². The Hall–Kier alpha value is -0.730. The molecule has 1 aromatic rings. The molecule has 0 heterocycles. The van der Waals surface area contributed by atoms with Crippen molar-refractivity contribution in [1.82, 2.24) is 0 Å². The maximum Gasteiger partial charge on any atom is 0.121 e. The van der Waals surface area contributed by atoms with E-state index >= 15 is 0 Å². The summed E-state index contributed by atoms with van der Waals surface area (Å²) in [7, 11) is 0. The Morgan fingerprint density at radius 2 is 1.61 bits per heavy atom. The Kier molecular flexibility index (Phi) is 5.48. The normalized spacial score (nSPS) is 18.2. The van der Waals surface area contributed by atoms with Crippen LogP contribution in [0, 0.1) is 19.8 Å². The van der Waals surface area contributed by atoms with Crippen LogP contribution in [0.3, 0.4) is 0 Å². The van der Waals surface area contributed by atoms with Gasteiger partial charge in [0.05, 0.1) is 0 Å². The zero-order chi connectivity index (χ0) is 12.4. The smallest absolute Gasteiger partial charge is 0.121 e. The van der Waals surface area contributed by atoms with Gasteiger partial charge in [-0.05, 0) is 49.3 Å². The lowest BCUT2D eigenvalue weighted by molar-refractivity contribution is 0.308. The van der Waals surface area contributed by atoms with Gasteiger partial charge in [-0.2, -0.15) is 0 Å². The number of hydrogen-bond donors (Lipinski definition) is 2. The van der Waals surface area contributed by atoms with Crippen molar-refractivity contribution in [3.8, 4) is 5.75 Å². The molecule has 0 radical (unpaired) electrons. The summed E-state index contributed by atoms with van der Waals surface area (Å²) in [5.41, 5.74) is 9.43. The summed E-state index contributed by atoms with van der Waals surface area (Å²) in [4.78, 5) is 0. The van der Waals surface area contributed by atoms with Gasteiger partial charge in [-0.25, -0.2) is 0 Å². The van der Waals surface area contributed by atoms with Crippen LogP contribution in [0.25, 0.3) is 0 Å². The minimum atomic E-state index is 0. The highest BCUT2D eigenvalue weighted by atomic mass is 35.5. The van der Waals surface area contributed by atoms with Crippen LogP contribution < -0.4 is 5.73 Å². The van der Waals surface area contributed by atoms with Gasteiger partial charge in [-0.1, -0.05) is 31.4 Å². The topological polar surface area (TPSA) is 46.2 Å². The van der Waals surface area contributed by atoms with Crippen molar-refractivity contribution in [3.63, 3.8) is 0 Å². The van der Waals surface area contributed by atoms with E-state index in [9.17, 15) is 5.11 Å². The fourth-order valence-electron chi connectivity index (χ4n) is 2.95. The molecule has 1 aliphatic rings. The van der Waals surface area contributed by atoms with Crippen molar-refractivity contribution in [2.45, 2.75) is 52.0 Å². The molecule has 2 rings (SSSR count). The molecule has 0 spiro atoms. The molecule has 18 heavy (non-hydrogen) atoms. The number of phenols is 1. The number of aryl methyl sites for hydroxylation is 2. The molecule has 0 bridgehead atoms. The van der Waals surface area contributed by atoms with Crippen molar-refractivity contribution in [1.29, 1.82) is 0 Å². The summed E-state index contributed by atoms with van der Waals surface area (Å²) in [6.07, 6.45) is 6.49. The Bertz CT molecular complexity index is 376. The van der Waals surface area contributed by atoms with E-state index in [1.807, 2.05) is 26.0 Å². The highest BCUT2D eigenvalue weighted by Crippen LogP contribution is 2.35. The van der Waals surface area contributed by atoms with E-state index in [0.717, 1.165) is 11.1 Å². The SMILES string of the molecule is Cc1cc([C@@H](N)C2CCCCC2)cc(C)c1O.Cl. The number of nitrogens with two attached hydrogens (primary N) is 1. The van der Waals surface area contributed by atoms with Crippen LogP contribution in [0.15, 0.2) is 12.1 Å². The molecule has 1 saturated carbocycles. The molecule has 2 nitrogen and oxygen atoms in total. The molecule has 3 N–H and O–H groups in total. The van der Waals surface area contributed by atoms with Crippen molar-refractivity contribution < 1.29 is 5.11 Å². The molecule has 0 saturated heterocycles. The van der Waals surface area contributed by atoms with Crippen molar-refractivity contribution in [3.05, 3.63) is 28.8 Å². The molecule has 1 aliphatic carbocycles. The lowest BCUT2D eigenvalue weighted by Gasteiger charge is -2.28. The molecule has 0 aromatic heterocycles. The molecule has 1 atom stereocenters. The molecule has 102 valence electrons. The van der Waals surface area contributed by atoms with Gasteiger partial charge in [0.25, 0.3) is 0 Å². The van der Waals surface area contributed by atoms with Crippen LogP contribution in [0.5, 0.6) is 5.75 Å². The Labute approximate surface area is 116 Å². The number of benzene rings is 1. The van der Waals surface area contributed by atoms with Crippen molar-refractivity contribution in [2.75, 3.05) is 0 Å². The average Bonchev–Trinajstić information content (AvgIpc) is 2.35. The van der Waals surface area contributed by atoms with Gasteiger partial charge in [0.2, 0.25) is 0 Å². The maximum absolute atomic E-state index is 9.78. The summed E-state index contributed by atoms with van der Waals surface area (Å²) >= 11 is 0. The number of aromatic hydroxyl groups is 1. The maximum atomic E-state index is 9.78. The lowest BCUT2D eigenvalue weighted by atomic mass is 9.81. The predicted octanol–water partition coefficient (Wildman–Crippen LogP) is 4.01. The molecule has 1 fully saturated rings. The fraction of sp³-hybridized carbons (Fsp3) is 0.600. The van der Waals surface area contributed by atoms with E-state index in [2.05, 4.69) is 0 Å². The van der Waals surface area contributed by atoms with E-state index in [1.165, 1.54) is 37.7 Å². The number of rotatable bonds is 2. The molecule has 0 aliphatic heterocycles. The second kappa shape index (κ2) is 6.44. The Morgan fingerprint density at radius 1 is 1.11 bits per heavy atom. The summed E-state index contributed by atoms with van der Waals surface area (Å²) < 4.78 is 0. The molecular weight excluding hydrogens is 246 g/mol. The number of hydrogen-bond acceptors (Lipinski definition) is 2. The van der Waals surface area contributed by atoms with Crippen LogP contribution in [-0.4, -0.2) is 5.11 Å². The van der Waals surface area contributed by atoms with E-state index < -0.39 is 0 Å². The third kappa shape index (κ3) is 3.18. The van der Waals surface area contributed by atoms with Gasteiger partial charge in [0.15, 0.2) is 0 Å². The van der Waals surface area contributed by atoms with Gasteiger partial charge in [0.1, 0.15) is 5.75 Å². The quantitative estimate of drug-likeness (QED) is 0.852. The zero-order valence-electron chi connectivity index (χ0n) is 11.3. The molecule has 0 amide bonds. The second-order valence-corrected chi connectivity index (χ2v) is 5.43. The van der Waals surface area contributed by atoms with E-state index in [0.29, 0.717) is 11.7 Å². The minimum Gasteiger partial charge on any atom is -0.507 e. The van der Waals surface area contributed by atoms with Crippen LogP contribution >= 0.6 is 12.4 Å². The lowest BCUT2D eigenvalue weighted by Crippen LogP contribution is -2.23. The number of phenolic OH excluding ortho intramolecular Hbond substituents is 1. The highest BCUT2D eigenvalue weighted by Gasteiger charge is 2.22. The third-order valence-electron chi connectivity index (χ3n) is 4.06. The second-order valence-electron chi connectivity index (χ2n) is 5.43. The monoisotopic (exact) mass is 269 g/mol. The fourth-order valence-corrected chi connectivity index (χ4v) is 2.95. The Balaban J connectivity index is 0.00000162. The van der Waals surface area contributed by atoms with E-state index in [4.69, 9.17) is 5.73 Å². The average molecular weight is 270 g/mol. The first-order valence-corrected chi connectivity index (χ1v) is 6.65. The molecule has 0 unspecified atom stereocenters. The number of halogens is 1. The Morgan fingerprint density at radius 3 is 2.11 bits per heavy atom. The first kappa shape index (κ1) is 15.3. The first-order chi connectivity index (χ1) is 8.09. The van der Waals surface area contributed by atoms with Gasteiger partial charge < -0.3 is 10.8 Å². The van der Waals surface area contributed by atoms with Crippen LogP contribution in [0.4, 0.5) is 0 Å². The largest absolute Gasteiger partial charge is 0.507 e. The van der Waals surface area contributed by atoms with Crippen molar-refractivity contribution >= 4 is 12.4 Å². The zero-order valence-corrected chi connectivity index (χ0v) is 12.1. The summed E-state index contributed by atoms with van der Waals surface area (Å²) in [5, 5.41) is 9.78. The van der Waals surface area contributed by atoms with Gasteiger partial charge >= 0.3 is 0 Å². The van der Waals surface area contributed by atoms with Gasteiger partial charge in [-0.15, -0.1) is 12.4 Å². The molecular formula is C15H24ClNO. The highest BCUT2D eigenvalue weighted by molar-refractivity contribution is 5.85. The minimum absolute atomic E-state index is 0. The van der Waals surface area contributed by atoms with E-state index in [-0.39, 0.29) is 18.4 Å².